The molecule has 0 bridgehead atoms. The molecule has 1 heterocycles. The standard InChI is InChI=1S/C27H45N5O4/c1-5-23(4)11-9-7-6-8-10-16-28-26(33)21-35-18-17-34-19-20-36-25-14-12-24(13-15-25)32-27(22(2)3)29-30-31-32/h12-15,22-23H,5-11,16-21H2,1-4H3,(H,28,33). The molecule has 1 aromatic heterocycles. The second-order valence-corrected chi connectivity index (χ2v) is 9.53. The van der Waals surface area contributed by atoms with Crippen molar-refractivity contribution in [3.05, 3.63) is 30.1 Å². The predicted molar refractivity (Wildman–Crippen MR) is 141 cm³/mol. The highest BCUT2D eigenvalue weighted by atomic mass is 16.5. The maximum atomic E-state index is 11.8. The maximum Gasteiger partial charge on any atom is 0.245 e. The van der Waals surface area contributed by atoms with E-state index in [1.165, 1.54) is 38.5 Å². The van der Waals surface area contributed by atoms with Crippen LogP contribution >= 0.6 is 0 Å². The molecule has 202 valence electrons. The minimum Gasteiger partial charge on any atom is -0.491 e. The van der Waals surface area contributed by atoms with E-state index < -0.39 is 0 Å². The molecule has 0 aliphatic rings. The van der Waals surface area contributed by atoms with Crippen molar-refractivity contribution >= 4 is 5.91 Å². The molecule has 1 N–H and O–H groups in total. The molecule has 1 aromatic carbocycles. The summed E-state index contributed by atoms with van der Waals surface area (Å²) < 4.78 is 18.3. The Balaban J connectivity index is 1.42. The van der Waals surface area contributed by atoms with E-state index in [0.29, 0.717) is 26.4 Å². The van der Waals surface area contributed by atoms with Crippen LogP contribution in [0.2, 0.25) is 0 Å². The number of amides is 1. The van der Waals surface area contributed by atoms with Gasteiger partial charge in [-0.15, -0.1) is 5.10 Å². The van der Waals surface area contributed by atoms with Crippen molar-refractivity contribution in [1.82, 2.24) is 25.5 Å². The molecule has 0 radical (unpaired) electrons. The van der Waals surface area contributed by atoms with Crippen LogP contribution in [0, 0.1) is 5.92 Å². The molecule has 1 unspecified atom stereocenters. The van der Waals surface area contributed by atoms with E-state index in [0.717, 1.165) is 36.1 Å². The molecule has 1 amide bonds. The van der Waals surface area contributed by atoms with E-state index in [-0.39, 0.29) is 18.4 Å². The highest BCUT2D eigenvalue weighted by Gasteiger charge is 2.11. The topological polar surface area (TPSA) is 100 Å². The lowest BCUT2D eigenvalue weighted by atomic mass is 10.00. The van der Waals surface area contributed by atoms with E-state index in [1.807, 2.05) is 24.3 Å². The molecule has 0 aliphatic heterocycles. The van der Waals surface area contributed by atoms with Gasteiger partial charge in [-0.25, -0.2) is 0 Å². The van der Waals surface area contributed by atoms with Gasteiger partial charge in [0.05, 0.1) is 25.5 Å². The number of nitrogens with one attached hydrogen (secondary N) is 1. The van der Waals surface area contributed by atoms with Crippen LogP contribution in [0.4, 0.5) is 0 Å². The van der Waals surface area contributed by atoms with Crippen molar-refractivity contribution in [2.45, 2.75) is 78.6 Å². The van der Waals surface area contributed by atoms with Gasteiger partial charge in [0.25, 0.3) is 0 Å². The number of carbonyl (C=O) groups excluding carboxylic acids is 1. The van der Waals surface area contributed by atoms with Crippen LogP contribution in [0.15, 0.2) is 24.3 Å². The Morgan fingerprint density at radius 3 is 2.39 bits per heavy atom. The minimum absolute atomic E-state index is 0.0688. The first-order valence-electron chi connectivity index (χ1n) is 13.4. The van der Waals surface area contributed by atoms with Crippen LogP contribution in [0.1, 0.15) is 84.4 Å². The third-order valence-electron chi connectivity index (χ3n) is 6.09. The third kappa shape index (κ3) is 11.9. The van der Waals surface area contributed by atoms with Crippen molar-refractivity contribution in [2.24, 2.45) is 5.92 Å². The Bertz CT molecular complexity index is 841. The second-order valence-electron chi connectivity index (χ2n) is 9.53. The zero-order chi connectivity index (χ0) is 26.0. The van der Waals surface area contributed by atoms with E-state index >= 15 is 0 Å². The van der Waals surface area contributed by atoms with Gasteiger partial charge in [-0.1, -0.05) is 66.2 Å². The first kappa shape index (κ1) is 29.7. The molecule has 0 fully saturated rings. The van der Waals surface area contributed by atoms with E-state index in [4.69, 9.17) is 14.2 Å². The lowest BCUT2D eigenvalue weighted by Crippen LogP contribution is -2.29. The lowest BCUT2D eigenvalue weighted by Gasteiger charge is -2.10. The number of nitrogens with zero attached hydrogens (tertiary/aromatic N) is 4. The number of tetrazole rings is 1. The maximum absolute atomic E-state index is 11.8. The highest BCUT2D eigenvalue weighted by Crippen LogP contribution is 2.18. The Labute approximate surface area is 216 Å². The zero-order valence-electron chi connectivity index (χ0n) is 22.6. The molecule has 2 aromatic rings. The molecular weight excluding hydrogens is 458 g/mol. The summed E-state index contributed by atoms with van der Waals surface area (Å²) in [6.45, 7) is 11.1. The Morgan fingerprint density at radius 1 is 0.944 bits per heavy atom. The van der Waals surface area contributed by atoms with Crippen LogP contribution in [0.5, 0.6) is 5.75 Å². The highest BCUT2D eigenvalue weighted by molar-refractivity contribution is 5.77. The quantitative estimate of drug-likeness (QED) is 0.261. The summed E-state index contributed by atoms with van der Waals surface area (Å²) >= 11 is 0. The first-order chi connectivity index (χ1) is 17.5. The molecule has 36 heavy (non-hydrogen) atoms. The number of aromatic nitrogens is 4. The molecule has 2 rings (SSSR count). The van der Waals surface area contributed by atoms with Crippen LogP contribution in [-0.2, 0) is 14.3 Å². The van der Waals surface area contributed by atoms with Crippen molar-refractivity contribution in [3.8, 4) is 11.4 Å². The Hall–Kier alpha value is -2.52. The number of ether oxygens (including phenoxy) is 3. The van der Waals surface area contributed by atoms with E-state index in [9.17, 15) is 4.79 Å². The third-order valence-corrected chi connectivity index (χ3v) is 6.09. The predicted octanol–water partition coefficient (Wildman–Crippen LogP) is 4.70. The van der Waals surface area contributed by atoms with Gasteiger partial charge in [-0.2, -0.15) is 4.68 Å². The van der Waals surface area contributed by atoms with Gasteiger partial charge in [0.2, 0.25) is 5.91 Å². The number of benzene rings is 1. The monoisotopic (exact) mass is 503 g/mol. The van der Waals surface area contributed by atoms with Crippen LogP contribution < -0.4 is 10.1 Å². The van der Waals surface area contributed by atoms with Gasteiger partial charge in [-0.3, -0.25) is 4.79 Å². The summed E-state index contributed by atoms with van der Waals surface area (Å²) in [7, 11) is 0. The van der Waals surface area contributed by atoms with Crippen LogP contribution in [0.25, 0.3) is 5.69 Å². The summed E-state index contributed by atoms with van der Waals surface area (Å²) in [6, 6.07) is 7.62. The summed E-state index contributed by atoms with van der Waals surface area (Å²) in [5.41, 5.74) is 0.890. The van der Waals surface area contributed by atoms with Crippen LogP contribution in [-0.4, -0.2) is 65.7 Å². The fourth-order valence-electron chi connectivity index (χ4n) is 3.66. The molecule has 1 atom stereocenters. The number of unbranched alkanes of at least 4 members (excludes halogenated alkanes) is 4. The number of rotatable bonds is 20. The molecule has 0 spiro atoms. The zero-order valence-corrected chi connectivity index (χ0v) is 22.6. The smallest absolute Gasteiger partial charge is 0.245 e. The average Bonchev–Trinajstić information content (AvgIpc) is 3.38. The number of hydrogen-bond donors (Lipinski definition) is 1. The fraction of sp³-hybridized carbons (Fsp3) is 0.704. The number of hydrogen-bond acceptors (Lipinski definition) is 7. The average molecular weight is 504 g/mol. The van der Waals surface area contributed by atoms with Gasteiger partial charge in [0, 0.05) is 12.5 Å². The first-order valence-corrected chi connectivity index (χ1v) is 13.4. The van der Waals surface area contributed by atoms with Gasteiger partial charge in [-0.05, 0) is 47.0 Å². The summed E-state index contributed by atoms with van der Waals surface area (Å²) in [5, 5.41) is 14.8. The summed E-state index contributed by atoms with van der Waals surface area (Å²) in [5.74, 6) is 2.57. The normalized spacial score (nSPS) is 12.1. The van der Waals surface area contributed by atoms with Crippen LogP contribution in [0.3, 0.4) is 0 Å². The van der Waals surface area contributed by atoms with Gasteiger partial charge in [0.1, 0.15) is 19.0 Å². The Kier molecular flexibility index (Phi) is 14.7. The van der Waals surface area contributed by atoms with Crippen molar-refractivity contribution < 1.29 is 19.0 Å². The van der Waals surface area contributed by atoms with Gasteiger partial charge >= 0.3 is 0 Å². The van der Waals surface area contributed by atoms with Gasteiger partial charge < -0.3 is 19.5 Å². The lowest BCUT2D eigenvalue weighted by molar-refractivity contribution is -0.126. The Morgan fingerprint density at radius 2 is 1.64 bits per heavy atom. The fourth-order valence-corrected chi connectivity index (χ4v) is 3.66. The van der Waals surface area contributed by atoms with E-state index in [2.05, 4.69) is 48.5 Å². The molecule has 9 heteroatoms. The molecule has 0 saturated heterocycles. The van der Waals surface area contributed by atoms with Crippen molar-refractivity contribution in [1.29, 1.82) is 0 Å². The number of carbonyl (C=O) groups is 1. The SMILES string of the molecule is CCC(C)CCCCCCCNC(=O)COCCOCCOc1ccc(-n2nnnc2C(C)C)cc1. The minimum atomic E-state index is -0.0688. The van der Waals surface area contributed by atoms with E-state index in [1.54, 1.807) is 4.68 Å². The molecule has 0 saturated carbocycles. The summed E-state index contributed by atoms with van der Waals surface area (Å²) in [4.78, 5) is 11.8. The molecule has 9 nitrogen and oxygen atoms in total. The van der Waals surface area contributed by atoms with Crippen molar-refractivity contribution in [2.75, 3.05) is 39.6 Å². The summed E-state index contributed by atoms with van der Waals surface area (Å²) in [6.07, 6.45) is 8.65. The largest absolute Gasteiger partial charge is 0.491 e. The van der Waals surface area contributed by atoms with Crippen molar-refractivity contribution in [3.63, 3.8) is 0 Å². The molecule has 0 aliphatic carbocycles. The van der Waals surface area contributed by atoms with Gasteiger partial charge in [0.15, 0.2) is 5.82 Å². The second kappa shape index (κ2) is 17.8. The molecular formula is C27H45N5O4.